The van der Waals surface area contributed by atoms with E-state index in [9.17, 15) is 19.2 Å². The highest BCUT2D eigenvalue weighted by atomic mass is 16.8. The van der Waals surface area contributed by atoms with E-state index in [1.807, 2.05) is 0 Å². The number of rotatable bonds is 19. The highest BCUT2D eigenvalue weighted by molar-refractivity contribution is 5.87. The van der Waals surface area contributed by atoms with Crippen LogP contribution in [0.3, 0.4) is 0 Å². The summed E-state index contributed by atoms with van der Waals surface area (Å²) < 4.78 is 35.7. The Morgan fingerprint density at radius 1 is 0.583 bits per heavy atom. The van der Waals surface area contributed by atoms with Gasteiger partial charge in [-0.1, -0.05) is 26.3 Å². The summed E-state index contributed by atoms with van der Waals surface area (Å²) in [6.45, 7) is 16.5. The van der Waals surface area contributed by atoms with Gasteiger partial charge in [0.05, 0.1) is 13.2 Å². The van der Waals surface area contributed by atoms with Crippen LogP contribution in [0.25, 0.3) is 0 Å². The van der Waals surface area contributed by atoms with Gasteiger partial charge in [0.15, 0.2) is 26.1 Å². The van der Waals surface area contributed by atoms with E-state index in [0.717, 1.165) is 0 Å². The minimum atomic E-state index is -1.75. The number of esters is 4. The molecule has 0 aromatic heterocycles. The first kappa shape index (κ1) is 32.6. The van der Waals surface area contributed by atoms with Gasteiger partial charge in [0, 0.05) is 22.3 Å². The molecule has 13 heteroatoms. The summed E-state index contributed by atoms with van der Waals surface area (Å²) >= 11 is 0. The summed E-state index contributed by atoms with van der Waals surface area (Å²) in [6.07, 6.45) is 0. The molecule has 0 aliphatic heterocycles. The van der Waals surface area contributed by atoms with Crippen LogP contribution in [0.5, 0.6) is 0 Å². The fourth-order valence-electron chi connectivity index (χ4n) is 1.75. The summed E-state index contributed by atoms with van der Waals surface area (Å²) in [7, 11) is 0. The number of carbonyl (C=O) groups excluding carboxylic acids is 4. The zero-order chi connectivity index (χ0) is 27.7. The van der Waals surface area contributed by atoms with Crippen LogP contribution >= 0.6 is 0 Å². The van der Waals surface area contributed by atoms with Crippen molar-refractivity contribution in [3.8, 4) is 0 Å². The Hall–Kier alpha value is -3.36. The molecule has 1 N–H and O–H groups in total. The molecule has 0 saturated heterocycles. The highest BCUT2D eigenvalue weighted by Gasteiger charge is 2.34. The normalized spacial score (nSPS) is 10.7. The van der Waals surface area contributed by atoms with Crippen molar-refractivity contribution in [1.29, 1.82) is 0 Å². The van der Waals surface area contributed by atoms with E-state index in [0.29, 0.717) is 0 Å². The standard InChI is InChI=1S/C23H33NO12/c1-15(2)19(25)31-11-29-9-23(35-13-33-21(27)17(5)6,10-30-12-32-20(26)16(3)4)24-36-14-34-22(28)18(7)8/h24H,1,3,5,7,9-14H2,2,4,6,8H3. The first-order valence-electron chi connectivity index (χ1n) is 10.3. The van der Waals surface area contributed by atoms with E-state index in [1.54, 1.807) is 0 Å². The van der Waals surface area contributed by atoms with Gasteiger partial charge in [-0.3, -0.25) is 4.84 Å². The molecule has 0 amide bonds. The Morgan fingerprint density at radius 3 is 1.28 bits per heavy atom. The molecule has 0 fully saturated rings. The fraction of sp³-hybridized carbons (Fsp3) is 0.478. The first-order chi connectivity index (χ1) is 16.8. The average Bonchev–Trinajstić information content (AvgIpc) is 2.81. The van der Waals surface area contributed by atoms with Crippen molar-refractivity contribution in [2.24, 2.45) is 0 Å². The predicted octanol–water partition coefficient (Wildman–Crippen LogP) is 1.56. The van der Waals surface area contributed by atoms with Gasteiger partial charge in [-0.15, -0.1) is 0 Å². The lowest BCUT2D eigenvalue weighted by Gasteiger charge is -2.33. The topological polar surface area (TPSA) is 154 Å². The molecule has 0 aromatic rings. The van der Waals surface area contributed by atoms with Crippen molar-refractivity contribution >= 4 is 23.9 Å². The maximum absolute atomic E-state index is 11.7. The van der Waals surface area contributed by atoms with Gasteiger partial charge < -0.3 is 33.2 Å². The summed E-state index contributed by atoms with van der Waals surface area (Å²) in [5.74, 6) is -2.86. The van der Waals surface area contributed by atoms with Crippen molar-refractivity contribution in [2.45, 2.75) is 33.4 Å². The Bertz CT molecular complexity index is 764. The van der Waals surface area contributed by atoms with Crippen molar-refractivity contribution in [2.75, 3.05) is 40.4 Å². The maximum Gasteiger partial charge on any atom is 0.335 e. The molecular formula is C23H33NO12. The third-order valence-electron chi connectivity index (χ3n) is 3.64. The largest absolute Gasteiger partial charge is 0.435 e. The number of carbonyl (C=O) groups is 4. The molecular weight excluding hydrogens is 482 g/mol. The molecule has 0 saturated carbocycles. The van der Waals surface area contributed by atoms with Crippen molar-refractivity contribution in [3.05, 3.63) is 48.6 Å². The number of ether oxygens (including phenoxy) is 7. The molecule has 0 rings (SSSR count). The van der Waals surface area contributed by atoms with E-state index in [4.69, 9.17) is 38.0 Å². The molecule has 202 valence electrons. The molecule has 36 heavy (non-hydrogen) atoms. The summed E-state index contributed by atoms with van der Waals surface area (Å²) in [5.41, 5.74) is 1.24. The Kier molecular flexibility index (Phi) is 15.5. The maximum atomic E-state index is 11.7. The van der Waals surface area contributed by atoms with Gasteiger partial charge in [0.1, 0.15) is 0 Å². The summed E-state index contributed by atoms with van der Waals surface area (Å²) in [6, 6.07) is 0. The van der Waals surface area contributed by atoms with Crippen LogP contribution in [0.2, 0.25) is 0 Å². The Morgan fingerprint density at radius 2 is 0.917 bits per heavy atom. The lowest BCUT2D eigenvalue weighted by molar-refractivity contribution is -0.268. The van der Waals surface area contributed by atoms with Gasteiger partial charge in [-0.2, -0.15) is 5.48 Å². The Balaban J connectivity index is 5.38. The zero-order valence-corrected chi connectivity index (χ0v) is 21.0. The molecule has 0 heterocycles. The van der Waals surface area contributed by atoms with Crippen molar-refractivity contribution < 1.29 is 57.2 Å². The Labute approximate surface area is 209 Å². The SMILES string of the molecule is C=C(C)C(=O)OCOCC(COCOC(=O)C(=C)C)(NOCOC(=O)C(=C)C)OCOC(=O)C(=C)C. The van der Waals surface area contributed by atoms with Crippen LogP contribution in [0.1, 0.15) is 27.7 Å². The van der Waals surface area contributed by atoms with Crippen molar-refractivity contribution in [3.63, 3.8) is 0 Å². The minimum absolute atomic E-state index is 0.117. The van der Waals surface area contributed by atoms with Gasteiger partial charge in [-0.05, 0) is 27.7 Å². The number of nitrogens with one attached hydrogen (secondary N) is 1. The molecule has 0 unspecified atom stereocenters. The lowest BCUT2D eigenvalue weighted by Crippen LogP contribution is -2.56. The third-order valence-corrected chi connectivity index (χ3v) is 3.64. The molecule has 0 radical (unpaired) electrons. The number of hydrogen-bond donors (Lipinski definition) is 1. The van der Waals surface area contributed by atoms with Crippen molar-refractivity contribution in [1.82, 2.24) is 5.48 Å². The number of hydrogen-bond acceptors (Lipinski definition) is 13. The van der Waals surface area contributed by atoms with Crippen LogP contribution in [-0.4, -0.2) is 70.0 Å². The van der Waals surface area contributed by atoms with Gasteiger partial charge in [0.25, 0.3) is 0 Å². The quantitative estimate of drug-likeness (QED) is 0.0661. The second-order valence-corrected chi connectivity index (χ2v) is 7.40. The van der Waals surface area contributed by atoms with Gasteiger partial charge in [0.2, 0.25) is 6.79 Å². The van der Waals surface area contributed by atoms with Crippen LogP contribution in [0, 0.1) is 0 Å². The van der Waals surface area contributed by atoms with Gasteiger partial charge >= 0.3 is 23.9 Å². The van der Waals surface area contributed by atoms with Crippen LogP contribution in [-0.2, 0) is 57.2 Å². The molecule has 0 spiro atoms. The van der Waals surface area contributed by atoms with E-state index >= 15 is 0 Å². The predicted molar refractivity (Wildman–Crippen MR) is 123 cm³/mol. The van der Waals surface area contributed by atoms with E-state index in [2.05, 4.69) is 31.8 Å². The summed E-state index contributed by atoms with van der Waals surface area (Å²) in [5, 5.41) is 0. The van der Waals surface area contributed by atoms with Gasteiger partial charge in [-0.25, -0.2) is 19.2 Å². The highest BCUT2D eigenvalue weighted by Crippen LogP contribution is 2.12. The van der Waals surface area contributed by atoms with Crippen LogP contribution in [0.15, 0.2) is 48.6 Å². The van der Waals surface area contributed by atoms with Crippen LogP contribution in [0.4, 0.5) is 0 Å². The molecule has 0 aliphatic carbocycles. The first-order valence-corrected chi connectivity index (χ1v) is 10.3. The monoisotopic (exact) mass is 515 g/mol. The van der Waals surface area contributed by atoms with E-state index in [1.165, 1.54) is 27.7 Å². The third kappa shape index (κ3) is 14.1. The van der Waals surface area contributed by atoms with Crippen LogP contribution < -0.4 is 5.48 Å². The molecule has 0 aromatic carbocycles. The molecule has 0 atom stereocenters. The fourth-order valence-corrected chi connectivity index (χ4v) is 1.75. The zero-order valence-electron chi connectivity index (χ0n) is 21.0. The molecule has 13 nitrogen and oxygen atoms in total. The van der Waals surface area contributed by atoms with E-state index < -0.39 is 70.0 Å². The smallest absolute Gasteiger partial charge is 0.335 e. The van der Waals surface area contributed by atoms with E-state index in [-0.39, 0.29) is 22.3 Å². The average molecular weight is 516 g/mol. The molecule has 0 bridgehead atoms. The second-order valence-electron chi connectivity index (χ2n) is 7.40. The lowest BCUT2D eigenvalue weighted by atomic mass is 10.3. The number of hydroxylamine groups is 1. The minimum Gasteiger partial charge on any atom is -0.435 e. The summed E-state index contributed by atoms with van der Waals surface area (Å²) in [4.78, 5) is 51.5. The second kappa shape index (κ2) is 17.1. The molecule has 0 aliphatic rings.